The minimum absolute atomic E-state index is 0.0203. The van der Waals surface area contributed by atoms with Crippen LogP contribution in [0, 0.1) is 0 Å². The topological polar surface area (TPSA) is 128 Å². The van der Waals surface area contributed by atoms with Crippen LogP contribution in [-0.4, -0.2) is 67.2 Å². The molecule has 2 aliphatic rings. The predicted molar refractivity (Wildman–Crippen MR) is 121 cm³/mol. The van der Waals surface area contributed by atoms with Gasteiger partial charge in [0.25, 0.3) is 5.91 Å². The first-order valence-electron chi connectivity index (χ1n) is 10.9. The molecule has 1 saturated heterocycles. The molecule has 180 valence electrons. The molecule has 1 aliphatic heterocycles. The van der Waals surface area contributed by atoms with Crippen LogP contribution in [0.2, 0.25) is 0 Å². The third-order valence-corrected chi connectivity index (χ3v) is 5.50. The van der Waals surface area contributed by atoms with Crippen LogP contribution in [0.1, 0.15) is 38.3 Å². The van der Waals surface area contributed by atoms with E-state index in [0.717, 1.165) is 25.2 Å². The number of amides is 1. The summed E-state index contributed by atoms with van der Waals surface area (Å²) < 4.78 is 10.5. The maximum Gasteiger partial charge on any atom is 0.356 e. The van der Waals surface area contributed by atoms with E-state index in [1.54, 1.807) is 18.2 Å². The molecule has 0 unspecified atom stereocenters. The molecule has 1 aliphatic carbocycles. The molecule has 0 aromatic heterocycles. The van der Waals surface area contributed by atoms with Crippen LogP contribution in [-0.2, 0) is 24.0 Å². The summed E-state index contributed by atoms with van der Waals surface area (Å²) in [4.78, 5) is 68.3. The predicted octanol–water partition coefficient (Wildman–Crippen LogP) is 1.22. The first kappa shape index (κ1) is 24.0. The van der Waals surface area contributed by atoms with Crippen molar-refractivity contribution in [1.29, 1.82) is 0 Å². The summed E-state index contributed by atoms with van der Waals surface area (Å²) in [6.45, 7) is 3.19. The maximum atomic E-state index is 12.9. The summed E-state index contributed by atoms with van der Waals surface area (Å²) in [5, 5.41) is 0. The van der Waals surface area contributed by atoms with Gasteiger partial charge in [0.15, 0.2) is 11.6 Å². The number of fused-ring (bicyclic) bond motifs is 2. The quantitative estimate of drug-likeness (QED) is 0.241. The van der Waals surface area contributed by atoms with E-state index < -0.39 is 23.6 Å². The SMILES string of the molecule is O=C(CCN1CCOCC1)NOC(=O)/C=C\C(=O)Oc1cccc2c1C(=O)c1ccccc1C2=O. The van der Waals surface area contributed by atoms with Gasteiger partial charge in [-0.1, -0.05) is 36.4 Å². The number of carbonyl (C=O) groups is 5. The van der Waals surface area contributed by atoms with Crippen molar-refractivity contribution >= 4 is 29.4 Å². The van der Waals surface area contributed by atoms with E-state index in [1.807, 2.05) is 5.48 Å². The summed E-state index contributed by atoms with van der Waals surface area (Å²) in [5.41, 5.74) is 2.63. The van der Waals surface area contributed by atoms with E-state index in [0.29, 0.717) is 19.8 Å². The number of hydroxylamine groups is 1. The van der Waals surface area contributed by atoms with Gasteiger partial charge in [-0.2, -0.15) is 5.48 Å². The molecule has 0 atom stereocenters. The highest BCUT2D eigenvalue weighted by Crippen LogP contribution is 2.33. The van der Waals surface area contributed by atoms with Gasteiger partial charge in [-0.25, -0.2) is 9.59 Å². The molecule has 4 rings (SSSR count). The van der Waals surface area contributed by atoms with Gasteiger partial charge >= 0.3 is 11.9 Å². The fraction of sp³-hybridized carbons (Fsp3) is 0.240. The Bertz CT molecular complexity index is 1210. The molecule has 0 radical (unpaired) electrons. The van der Waals surface area contributed by atoms with Gasteiger partial charge in [-0.3, -0.25) is 19.3 Å². The van der Waals surface area contributed by atoms with Crippen molar-refractivity contribution in [3.05, 3.63) is 76.9 Å². The zero-order chi connectivity index (χ0) is 24.8. The lowest BCUT2D eigenvalue weighted by Crippen LogP contribution is -2.39. The Morgan fingerprint density at radius 3 is 2.29 bits per heavy atom. The molecule has 35 heavy (non-hydrogen) atoms. The molecular weight excluding hydrogens is 456 g/mol. The zero-order valence-corrected chi connectivity index (χ0v) is 18.7. The van der Waals surface area contributed by atoms with Gasteiger partial charge in [0.05, 0.1) is 18.8 Å². The number of rotatable bonds is 6. The number of ketones is 2. The number of nitrogens with zero attached hydrogens (tertiary/aromatic N) is 1. The molecule has 1 heterocycles. The second-order valence-electron chi connectivity index (χ2n) is 7.79. The lowest BCUT2D eigenvalue weighted by atomic mass is 9.83. The van der Waals surface area contributed by atoms with Crippen molar-refractivity contribution in [3.63, 3.8) is 0 Å². The minimum atomic E-state index is -0.989. The van der Waals surface area contributed by atoms with Crippen LogP contribution in [0.3, 0.4) is 0 Å². The highest BCUT2D eigenvalue weighted by Gasteiger charge is 2.32. The number of morpholine rings is 1. The van der Waals surface area contributed by atoms with E-state index in [2.05, 4.69) is 9.74 Å². The molecule has 1 N–H and O–H groups in total. The Morgan fingerprint density at radius 1 is 0.886 bits per heavy atom. The second kappa shape index (κ2) is 10.9. The average molecular weight is 478 g/mol. The summed E-state index contributed by atoms with van der Waals surface area (Å²) in [6.07, 6.45) is 1.71. The third kappa shape index (κ3) is 5.68. The number of carbonyl (C=O) groups excluding carboxylic acids is 5. The van der Waals surface area contributed by atoms with Crippen molar-refractivity contribution in [1.82, 2.24) is 10.4 Å². The Labute approximate surface area is 200 Å². The number of ether oxygens (including phenoxy) is 2. The first-order valence-corrected chi connectivity index (χ1v) is 10.9. The number of benzene rings is 2. The standard InChI is InChI=1S/C25H22N2O8/c28-20(10-11-27-12-14-33-15-13-27)26-35-22(30)9-8-21(29)34-19-7-3-6-18-23(19)25(32)17-5-2-1-4-16(17)24(18)31/h1-9H,10-15H2,(H,26,28)/b9-8-. The number of esters is 1. The summed E-state index contributed by atoms with van der Waals surface area (Å²) in [6, 6.07) is 10.8. The fourth-order valence-electron chi connectivity index (χ4n) is 3.75. The summed E-state index contributed by atoms with van der Waals surface area (Å²) >= 11 is 0. The highest BCUT2D eigenvalue weighted by atomic mass is 16.7. The van der Waals surface area contributed by atoms with Crippen LogP contribution in [0.5, 0.6) is 5.75 Å². The molecule has 10 heteroatoms. The minimum Gasteiger partial charge on any atom is -0.423 e. The molecule has 0 bridgehead atoms. The molecule has 0 saturated carbocycles. The molecule has 1 fully saturated rings. The van der Waals surface area contributed by atoms with Crippen molar-refractivity contribution in [2.45, 2.75) is 6.42 Å². The molecule has 2 aromatic carbocycles. The smallest absolute Gasteiger partial charge is 0.356 e. The lowest BCUT2D eigenvalue weighted by molar-refractivity contribution is -0.153. The van der Waals surface area contributed by atoms with Crippen LogP contribution >= 0.6 is 0 Å². The Balaban J connectivity index is 1.31. The Kier molecular flexibility index (Phi) is 7.44. The summed E-state index contributed by atoms with van der Waals surface area (Å²) in [7, 11) is 0. The lowest BCUT2D eigenvalue weighted by Gasteiger charge is -2.26. The van der Waals surface area contributed by atoms with Crippen molar-refractivity contribution in [2.75, 3.05) is 32.8 Å². The first-order chi connectivity index (χ1) is 16.9. The van der Waals surface area contributed by atoms with Gasteiger partial charge in [0.1, 0.15) is 5.75 Å². The zero-order valence-electron chi connectivity index (χ0n) is 18.7. The number of hydrogen-bond donors (Lipinski definition) is 1. The summed E-state index contributed by atoms with van der Waals surface area (Å²) in [5.74, 6) is -3.33. The normalized spacial score (nSPS) is 15.3. The Morgan fingerprint density at radius 2 is 1.54 bits per heavy atom. The van der Waals surface area contributed by atoms with E-state index >= 15 is 0 Å². The van der Waals surface area contributed by atoms with Crippen molar-refractivity contribution in [3.8, 4) is 5.75 Å². The van der Waals surface area contributed by atoms with E-state index in [9.17, 15) is 24.0 Å². The van der Waals surface area contributed by atoms with Crippen LogP contribution in [0.25, 0.3) is 0 Å². The second-order valence-corrected chi connectivity index (χ2v) is 7.79. The van der Waals surface area contributed by atoms with Gasteiger partial charge in [-0.15, -0.1) is 0 Å². The maximum absolute atomic E-state index is 12.9. The van der Waals surface area contributed by atoms with E-state index in [-0.39, 0.29) is 40.2 Å². The molecular formula is C25H22N2O8. The molecule has 1 amide bonds. The van der Waals surface area contributed by atoms with Gasteiger partial charge in [-0.05, 0) is 6.07 Å². The Hall–Kier alpha value is -4.15. The van der Waals surface area contributed by atoms with Crippen molar-refractivity contribution < 1.29 is 38.3 Å². The van der Waals surface area contributed by atoms with Crippen LogP contribution < -0.4 is 10.2 Å². The molecule has 2 aromatic rings. The average Bonchev–Trinajstić information content (AvgIpc) is 2.88. The van der Waals surface area contributed by atoms with Crippen molar-refractivity contribution in [2.24, 2.45) is 0 Å². The fourth-order valence-corrected chi connectivity index (χ4v) is 3.75. The van der Waals surface area contributed by atoms with E-state index in [1.165, 1.54) is 24.3 Å². The molecule has 10 nitrogen and oxygen atoms in total. The highest BCUT2D eigenvalue weighted by molar-refractivity contribution is 6.29. The monoisotopic (exact) mass is 478 g/mol. The van der Waals surface area contributed by atoms with Gasteiger partial charge < -0.3 is 14.3 Å². The van der Waals surface area contributed by atoms with E-state index in [4.69, 9.17) is 9.47 Å². The number of nitrogens with one attached hydrogen (secondary N) is 1. The van der Waals surface area contributed by atoms with Crippen LogP contribution in [0.4, 0.5) is 0 Å². The third-order valence-electron chi connectivity index (χ3n) is 5.50. The van der Waals surface area contributed by atoms with Gasteiger partial charge in [0, 0.05) is 54.9 Å². The largest absolute Gasteiger partial charge is 0.423 e. The molecule has 0 spiro atoms. The number of hydrogen-bond acceptors (Lipinski definition) is 9. The van der Waals surface area contributed by atoms with Gasteiger partial charge in [0.2, 0.25) is 0 Å². The van der Waals surface area contributed by atoms with Crippen LogP contribution in [0.15, 0.2) is 54.6 Å².